The Kier molecular flexibility index (Phi) is 1.83. The summed E-state index contributed by atoms with van der Waals surface area (Å²) in [6, 6.07) is 0.585. The molecule has 2 aliphatic rings. The van der Waals surface area contributed by atoms with E-state index in [1.165, 1.54) is 12.8 Å². The van der Waals surface area contributed by atoms with Gasteiger partial charge in [-0.1, -0.05) is 0 Å². The minimum absolute atomic E-state index is 0.0306. The fourth-order valence-corrected chi connectivity index (χ4v) is 1.92. The lowest BCUT2D eigenvalue weighted by atomic mass is 10.2. The molecule has 2 rings (SSSR count). The molecule has 1 aliphatic heterocycles. The summed E-state index contributed by atoms with van der Waals surface area (Å²) < 4.78 is 4.96. The second-order valence-corrected chi connectivity index (χ2v) is 3.69. The molecule has 0 radical (unpaired) electrons. The summed E-state index contributed by atoms with van der Waals surface area (Å²) in [4.78, 5) is 13.4. The van der Waals surface area contributed by atoms with Crippen LogP contribution in [-0.2, 0) is 9.53 Å². The molecule has 1 aliphatic carbocycles. The Morgan fingerprint density at radius 2 is 2.25 bits per heavy atom. The van der Waals surface area contributed by atoms with Crippen LogP contribution < -0.4 is 0 Å². The Labute approximate surface area is 72.7 Å². The van der Waals surface area contributed by atoms with E-state index in [0.29, 0.717) is 12.6 Å². The van der Waals surface area contributed by atoms with Gasteiger partial charge in [-0.25, -0.2) is 0 Å². The first-order valence-electron chi connectivity index (χ1n) is 4.64. The minimum atomic E-state index is -0.0306. The number of likely N-dealkylation sites (N-methyl/N-ethyl adjacent to an activating group) is 1. The molecule has 1 unspecified atom stereocenters. The summed E-state index contributed by atoms with van der Waals surface area (Å²) in [5, 5.41) is 0. The summed E-state index contributed by atoms with van der Waals surface area (Å²) >= 11 is 0. The van der Waals surface area contributed by atoms with Crippen LogP contribution in [0.4, 0.5) is 0 Å². The maximum atomic E-state index is 11.3. The third-order valence-electron chi connectivity index (χ3n) is 2.78. The molecule has 0 bridgehead atoms. The molecular weight excluding hydrogens is 154 g/mol. The Hall–Kier alpha value is -0.570. The highest BCUT2D eigenvalue weighted by atomic mass is 16.5. The quantitative estimate of drug-likeness (QED) is 0.458. The molecule has 12 heavy (non-hydrogen) atoms. The molecule has 1 saturated heterocycles. The number of ether oxygens (including phenoxy) is 1. The minimum Gasteiger partial charge on any atom is -0.465 e. The van der Waals surface area contributed by atoms with Crippen molar-refractivity contribution in [3.05, 3.63) is 0 Å². The van der Waals surface area contributed by atoms with E-state index in [0.717, 1.165) is 5.92 Å². The maximum Gasteiger partial charge on any atom is 0.324 e. The number of nitrogens with zero attached hydrogens (tertiary/aromatic N) is 1. The fraction of sp³-hybridized carbons (Fsp3) is 0.889. The standard InChI is InChI=1S/C9H15NO2/c1-3-12-9(11)8-7(10(8)2)6-4-5-6/h6-8H,3-5H2,1-2H3/t7-,8-,10?/m1/s1. The van der Waals surface area contributed by atoms with Crippen molar-refractivity contribution >= 4 is 5.97 Å². The predicted molar refractivity (Wildman–Crippen MR) is 44.7 cm³/mol. The molecule has 0 N–H and O–H groups in total. The summed E-state index contributed by atoms with van der Waals surface area (Å²) in [6.07, 6.45) is 2.59. The first kappa shape index (κ1) is 8.05. The summed E-state index contributed by atoms with van der Waals surface area (Å²) in [7, 11) is 2.00. The largest absolute Gasteiger partial charge is 0.465 e. The van der Waals surface area contributed by atoms with Gasteiger partial charge in [0.1, 0.15) is 6.04 Å². The number of carbonyl (C=O) groups is 1. The molecule has 0 spiro atoms. The third kappa shape index (κ3) is 1.22. The summed E-state index contributed by atoms with van der Waals surface area (Å²) in [6.45, 7) is 2.35. The third-order valence-corrected chi connectivity index (χ3v) is 2.78. The normalized spacial score (nSPS) is 39.3. The van der Waals surface area contributed by atoms with Crippen molar-refractivity contribution in [1.82, 2.24) is 4.90 Å². The molecule has 1 saturated carbocycles. The van der Waals surface area contributed by atoms with Gasteiger partial charge >= 0.3 is 5.97 Å². The van der Waals surface area contributed by atoms with Gasteiger partial charge in [0.2, 0.25) is 0 Å². The van der Waals surface area contributed by atoms with Crippen LogP contribution in [0.5, 0.6) is 0 Å². The van der Waals surface area contributed by atoms with Crippen molar-refractivity contribution in [3.8, 4) is 0 Å². The van der Waals surface area contributed by atoms with E-state index in [-0.39, 0.29) is 12.0 Å². The van der Waals surface area contributed by atoms with Crippen LogP contribution in [-0.4, -0.2) is 36.6 Å². The molecule has 1 heterocycles. The molecule has 0 aromatic carbocycles. The molecule has 2 fully saturated rings. The van der Waals surface area contributed by atoms with Crippen LogP contribution in [0.15, 0.2) is 0 Å². The van der Waals surface area contributed by atoms with Crippen molar-refractivity contribution in [2.75, 3.05) is 13.7 Å². The van der Waals surface area contributed by atoms with Crippen LogP contribution in [0.1, 0.15) is 19.8 Å². The molecule has 3 heteroatoms. The summed E-state index contributed by atoms with van der Waals surface area (Å²) in [5.74, 6) is 0.751. The molecular formula is C9H15NO2. The van der Waals surface area contributed by atoms with Gasteiger partial charge in [-0.2, -0.15) is 0 Å². The SMILES string of the molecule is CCOC(=O)[C@H]1[C@@H](C2CC2)N1C. The van der Waals surface area contributed by atoms with Crippen LogP contribution in [0.3, 0.4) is 0 Å². The zero-order valence-electron chi connectivity index (χ0n) is 7.62. The van der Waals surface area contributed by atoms with E-state index < -0.39 is 0 Å². The average molecular weight is 169 g/mol. The highest BCUT2D eigenvalue weighted by Crippen LogP contribution is 2.45. The van der Waals surface area contributed by atoms with Crippen molar-refractivity contribution in [1.29, 1.82) is 0 Å². The van der Waals surface area contributed by atoms with Gasteiger partial charge in [0.05, 0.1) is 6.61 Å². The second-order valence-electron chi connectivity index (χ2n) is 3.69. The second kappa shape index (κ2) is 2.73. The highest BCUT2D eigenvalue weighted by molar-refractivity contribution is 5.80. The topological polar surface area (TPSA) is 29.3 Å². The Morgan fingerprint density at radius 3 is 2.75 bits per heavy atom. The maximum absolute atomic E-state index is 11.3. The van der Waals surface area contributed by atoms with Crippen molar-refractivity contribution in [3.63, 3.8) is 0 Å². The smallest absolute Gasteiger partial charge is 0.324 e. The molecule has 0 amide bonds. The number of esters is 1. The first-order chi connectivity index (χ1) is 5.75. The van der Waals surface area contributed by atoms with E-state index >= 15 is 0 Å². The van der Waals surface area contributed by atoms with Crippen LogP contribution >= 0.6 is 0 Å². The van der Waals surface area contributed by atoms with Gasteiger partial charge in [-0.3, -0.25) is 9.69 Å². The van der Waals surface area contributed by atoms with Crippen LogP contribution in [0.2, 0.25) is 0 Å². The molecule has 3 nitrogen and oxygen atoms in total. The van der Waals surface area contributed by atoms with Gasteiger partial charge < -0.3 is 4.74 Å². The number of hydrogen-bond donors (Lipinski definition) is 0. The molecule has 3 atom stereocenters. The molecule has 68 valence electrons. The lowest BCUT2D eigenvalue weighted by molar-refractivity contribution is -0.143. The van der Waals surface area contributed by atoms with Gasteiger partial charge in [0.15, 0.2) is 0 Å². The number of hydrogen-bond acceptors (Lipinski definition) is 3. The van der Waals surface area contributed by atoms with E-state index in [9.17, 15) is 4.79 Å². The van der Waals surface area contributed by atoms with E-state index in [2.05, 4.69) is 4.90 Å². The lowest BCUT2D eigenvalue weighted by Crippen LogP contribution is -2.15. The molecule has 0 aromatic rings. The van der Waals surface area contributed by atoms with Crippen LogP contribution in [0, 0.1) is 5.92 Å². The van der Waals surface area contributed by atoms with Gasteiger partial charge in [0, 0.05) is 6.04 Å². The van der Waals surface area contributed by atoms with Crippen molar-refractivity contribution in [2.45, 2.75) is 31.8 Å². The van der Waals surface area contributed by atoms with Crippen LogP contribution in [0.25, 0.3) is 0 Å². The number of rotatable bonds is 3. The molecule has 0 aromatic heterocycles. The zero-order chi connectivity index (χ0) is 8.72. The van der Waals surface area contributed by atoms with Crippen molar-refractivity contribution < 1.29 is 9.53 Å². The average Bonchev–Trinajstić information content (AvgIpc) is 2.82. The van der Waals surface area contributed by atoms with Gasteiger partial charge in [-0.15, -0.1) is 0 Å². The van der Waals surface area contributed by atoms with E-state index in [1.54, 1.807) is 0 Å². The van der Waals surface area contributed by atoms with E-state index in [1.807, 2.05) is 14.0 Å². The lowest BCUT2D eigenvalue weighted by Gasteiger charge is -1.97. The fourth-order valence-electron chi connectivity index (χ4n) is 1.92. The van der Waals surface area contributed by atoms with Crippen molar-refractivity contribution in [2.24, 2.45) is 5.92 Å². The zero-order valence-corrected chi connectivity index (χ0v) is 7.62. The monoisotopic (exact) mass is 169 g/mol. The van der Waals surface area contributed by atoms with Gasteiger partial charge in [0.25, 0.3) is 0 Å². The van der Waals surface area contributed by atoms with E-state index in [4.69, 9.17) is 4.74 Å². The Bertz CT molecular complexity index is 201. The highest BCUT2D eigenvalue weighted by Gasteiger charge is 2.57. The number of carbonyl (C=O) groups excluding carboxylic acids is 1. The first-order valence-corrected chi connectivity index (χ1v) is 4.64. The van der Waals surface area contributed by atoms with Gasteiger partial charge in [-0.05, 0) is 32.7 Å². The Balaban J connectivity index is 1.85. The predicted octanol–water partition coefficient (Wildman–Crippen LogP) is 0.642. The summed E-state index contributed by atoms with van der Waals surface area (Å²) in [5.41, 5.74) is 0. The Morgan fingerprint density at radius 1 is 1.58 bits per heavy atom.